The van der Waals surface area contributed by atoms with Gasteiger partial charge in [0, 0.05) is 4.88 Å². The summed E-state index contributed by atoms with van der Waals surface area (Å²) >= 11 is 5.36. The quantitative estimate of drug-likeness (QED) is 0.669. The third-order valence-electron chi connectivity index (χ3n) is 1.23. The Morgan fingerprint density at radius 2 is 2.00 bits per heavy atom. The van der Waals surface area contributed by atoms with Crippen molar-refractivity contribution in [2.24, 2.45) is 0 Å². The smallest absolute Gasteiger partial charge is 0.0501 e. The van der Waals surface area contributed by atoms with Gasteiger partial charge in [-0.1, -0.05) is 29.6 Å². The maximum Gasteiger partial charge on any atom is 0.0501 e. The Morgan fingerprint density at radius 1 is 1.18 bits per heavy atom. The fourth-order valence-electron chi connectivity index (χ4n) is 0.775. The van der Waals surface area contributed by atoms with Crippen LogP contribution >= 0.6 is 34.9 Å². The molecule has 0 saturated carbocycles. The summed E-state index contributed by atoms with van der Waals surface area (Å²) in [6.45, 7) is 0. The Bertz CT molecular complexity index is 272. The number of thioether (sulfide) groups is 2. The van der Waals surface area contributed by atoms with Crippen molar-refractivity contribution in [3.63, 3.8) is 0 Å². The predicted octanol–water partition coefficient (Wildman–Crippen LogP) is 4.00. The molecule has 0 aromatic carbocycles. The molecule has 3 heteroatoms. The van der Waals surface area contributed by atoms with Gasteiger partial charge in [0.05, 0.1) is 4.24 Å². The third kappa shape index (κ3) is 1.92. The molecule has 11 heavy (non-hydrogen) atoms. The van der Waals surface area contributed by atoms with Crippen LogP contribution in [0.25, 0.3) is 6.08 Å². The van der Waals surface area contributed by atoms with Crippen LogP contribution in [0.2, 0.25) is 0 Å². The SMILES string of the molecule is C1=CSC(=Cc2cccs2)S1. The lowest BCUT2D eigenvalue weighted by molar-refractivity contribution is 1.96. The monoisotopic (exact) mass is 198 g/mol. The molecule has 56 valence electrons. The Hall–Kier alpha value is -0.120. The summed E-state index contributed by atoms with van der Waals surface area (Å²) in [5.74, 6) is 0. The van der Waals surface area contributed by atoms with Gasteiger partial charge >= 0.3 is 0 Å². The van der Waals surface area contributed by atoms with Gasteiger partial charge in [-0.3, -0.25) is 0 Å². The molecule has 1 aromatic heterocycles. The molecule has 0 nitrogen and oxygen atoms in total. The van der Waals surface area contributed by atoms with Gasteiger partial charge in [-0.25, -0.2) is 0 Å². The summed E-state index contributed by atoms with van der Waals surface area (Å²) in [7, 11) is 0. The highest BCUT2D eigenvalue weighted by molar-refractivity contribution is 8.27. The van der Waals surface area contributed by atoms with Crippen molar-refractivity contribution in [2.75, 3.05) is 0 Å². The lowest BCUT2D eigenvalue weighted by Crippen LogP contribution is -1.59. The first-order valence-electron chi connectivity index (χ1n) is 3.19. The average molecular weight is 198 g/mol. The molecular formula is C8H6S3. The van der Waals surface area contributed by atoms with E-state index in [9.17, 15) is 0 Å². The van der Waals surface area contributed by atoms with E-state index in [1.54, 1.807) is 34.9 Å². The predicted molar refractivity (Wildman–Crippen MR) is 56.6 cm³/mol. The van der Waals surface area contributed by atoms with Crippen molar-refractivity contribution < 1.29 is 0 Å². The molecule has 1 aliphatic heterocycles. The van der Waals surface area contributed by atoms with E-state index in [2.05, 4.69) is 34.4 Å². The Morgan fingerprint density at radius 3 is 2.64 bits per heavy atom. The second-order valence-electron chi connectivity index (χ2n) is 1.99. The first-order chi connectivity index (χ1) is 5.45. The van der Waals surface area contributed by atoms with Crippen molar-refractivity contribution in [1.82, 2.24) is 0 Å². The largest absolute Gasteiger partial charge is 0.144 e. The molecule has 0 bridgehead atoms. The molecular weight excluding hydrogens is 192 g/mol. The molecule has 0 radical (unpaired) electrons. The number of thiophene rings is 1. The van der Waals surface area contributed by atoms with E-state index in [1.165, 1.54) is 9.11 Å². The van der Waals surface area contributed by atoms with Gasteiger partial charge in [0.1, 0.15) is 0 Å². The van der Waals surface area contributed by atoms with Crippen molar-refractivity contribution >= 4 is 40.9 Å². The van der Waals surface area contributed by atoms with E-state index >= 15 is 0 Å². The standard InChI is InChI=1S/C8H6S3/c1-2-7(9-3-1)6-8-10-4-5-11-8/h1-6H. The molecule has 0 fully saturated rings. The second-order valence-corrected chi connectivity index (χ2v) is 5.12. The average Bonchev–Trinajstić information content (AvgIpc) is 2.60. The molecule has 0 spiro atoms. The highest BCUT2D eigenvalue weighted by Gasteiger charge is 2.01. The molecule has 0 unspecified atom stereocenters. The highest BCUT2D eigenvalue weighted by Crippen LogP contribution is 2.39. The van der Waals surface area contributed by atoms with E-state index in [0.717, 1.165) is 0 Å². The van der Waals surface area contributed by atoms with Gasteiger partial charge in [0.15, 0.2) is 0 Å². The van der Waals surface area contributed by atoms with Crippen LogP contribution in [0.3, 0.4) is 0 Å². The molecule has 1 aromatic rings. The van der Waals surface area contributed by atoms with Gasteiger partial charge in [-0.15, -0.1) is 11.3 Å². The first-order valence-corrected chi connectivity index (χ1v) is 5.82. The Labute approximate surface area is 78.4 Å². The molecule has 1 aliphatic rings. The lowest BCUT2D eigenvalue weighted by atomic mass is 10.5. The zero-order chi connectivity index (χ0) is 7.52. The van der Waals surface area contributed by atoms with Crippen LogP contribution in [-0.4, -0.2) is 0 Å². The number of hydrogen-bond donors (Lipinski definition) is 0. The summed E-state index contributed by atoms with van der Waals surface area (Å²) in [5.41, 5.74) is 0. The fraction of sp³-hybridized carbons (Fsp3) is 0. The number of rotatable bonds is 1. The highest BCUT2D eigenvalue weighted by atomic mass is 32.2. The molecule has 2 rings (SSSR count). The number of hydrogen-bond acceptors (Lipinski definition) is 3. The minimum absolute atomic E-state index is 1.34. The summed E-state index contributed by atoms with van der Waals surface area (Å²) in [6.07, 6.45) is 2.22. The van der Waals surface area contributed by atoms with Crippen LogP contribution in [0, 0.1) is 0 Å². The van der Waals surface area contributed by atoms with E-state index < -0.39 is 0 Å². The summed E-state index contributed by atoms with van der Waals surface area (Å²) < 4.78 is 1.37. The van der Waals surface area contributed by atoms with E-state index in [0.29, 0.717) is 0 Å². The first kappa shape index (κ1) is 7.53. The van der Waals surface area contributed by atoms with Gasteiger partial charge in [-0.2, -0.15) is 0 Å². The van der Waals surface area contributed by atoms with E-state index in [-0.39, 0.29) is 0 Å². The van der Waals surface area contributed by atoms with Crippen molar-refractivity contribution in [3.05, 3.63) is 37.4 Å². The Balaban J connectivity index is 2.15. The van der Waals surface area contributed by atoms with Crippen LogP contribution in [0.5, 0.6) is 0 Å². The van der Waals surface area contributed by atoms with Crippen LogP contribution < -0.4 is 0 Å². The van der Waals surface area contributed by atoms with Gasteiger partial charge in [-0.05, 0) is 28.3 Å². The van der Waals surface area contributed by atoms with Gasteiger partial charge < -0.3 is 0 Å². The minimum atomic E-state index is 1.34. The van der Waals surface area contributed by atoms with E-state index in [4.69, 9.17) is 0 Å². The van der Waals surface area contributed by atoms with Gasteiger partial charge in [0.2, 0.25) is 0 Å². The molecule has 0 N–H and O–H groups in total. The molecule has 0 amide bonds. The van der Waals surface area contributed by atoms with Crippen LogP contribution in [0.15, 0.2) is 32.6 Å². The van der Waals surface area contributed by atoms with Crippen molar-refractivity contribution in [2.45, 2.75) is 0 Å². The van der Waals surface area contributed by atoms with E-state index in [1.807, 2.05) is 0 Å². The second kappa shape index (κ2) is 3.52. The molecule has 2 heterocycles. The van der Waals surface area contributed by atoms with Gasteiger partial charge in [0.25, 0.3) is 0 Å². The van der Waals surface area contributed by atoms with Crippen LogP contribution in [0.1, 0.15) is 4.88 Å². The maximum atomic E-state index is 2.22. The van der Waals surface area contributed by atoms with Crippen molar-refractivity contribution in [3.8, 4) is 0 Å². The zero-order valence-corrected chi connectivity index (χ0v) is 8.14. The topological polar surface area (TPSA) is 0 Å². The fourth-order valence-corrected chi connectivity index (χ4v) is 3.24. The normalized spacial score (nSPS) is 15.8. The van der Waals surface area contributed by atoms with Crippen LogP contribution in [0.4, 0.5) is 0 Å². The minimum Gasteiger partial charge on any atom is -0.144 e. The Kier molecular flexibility index (Phi) is 2.41. The summed E-state index contributed by atoms with van der Waals surface area (Å²) in [5, 5.41) is 6.33. The maximum absolute atomic E-state index is 2.22. The summed E-state index contributed by atoms with van der Waals surface area (Å²) in [6, 6.07) is 4.21. The lowest BCUT2D eigenvalue weighted by Gasteiger charge is -1.89. The molecule has 0 atom stereocenters. The van der Waals surface area contributed by atoms with Crippen molar-refractivity contribution in [1.29, 1.82) is 0 Å². The van der Waals surface area contributed by atoms with Crippen LogP contribution in [-0.2, 0) is 0 Å². The third-order valence-corrected chi connectivity index (χ3v) is 4.04. The molecule has 0 saturated heterocycles. The summed E-state index contributed by atoms with van der Waals surface area (Å²) in [4.78, 5) is 1.34. The zero-order valence-electron chi connectivity index (χ0n) is 5.69. The molecule has 0 aliphatic carbocycles.